The Labute approximate surface area is 108 Å². The van der Waals surface area contributed by atoms with E-state index in [0.717, 1.165) is 26.9 Å². The van der Waals surface area contributed by atoms with Crippen molar-refractivity contribution in [3.05, 3.63) is 59.4 Å². The van der Waals surface area contributed by atoms with Crippen LogP contribution in [0.2, 0.25) is 5.02 Å². The van der Waals surface area contributed by atoms with Crippen molar-refractivity contribution in [2.24, 2.45) is 0 Å². The van der Waals surface area contributed by atoms with Gasteiger partial charge >= 0.3 is 0 Å². The molecule has 86 valence electrons. The fourth-order valence-electron chi connectivity index (χ4n) is 2.75. The van der Waals surface area contributed by atoms with E-state index in [4.69, 9.17) is 11.6 Å². The highest BCUT2D eigenvalue weighted by atomic mass is 35.5. The maximum atomic E-state index is 14.0. The van der Waals surface area contributed by atoms with Crippen molar-refractivity contribution in [3.8, 4) is 0 Å². The van der Waals surface area contributed by atoms with Gasteiger partial charge in [-0.2, -0.15) is 0 Å². The SMILES string of the molecule is Fc1cc(Cl)c2ccc3cccc4ccc1c2c43. The molecule has 0 unspecified atom stereocenters. The van der Waals surface area contributed by atoms with Gasteiger partial charge in [-0.1, -0.05) is 54.1 Å². The van der Waals surface area contributed by atoms with Gasteiger partial charge in [-0.3, -0.25) is 0 Å². The summed E-state index contributed by atoms with van der Waals surface area (Å²) in [6.45, 7) is 0. The molecule has 0 aliphatic carbocycles. The largest absolute Gasteiger partial charge is 0.206 e. The average molecular weight is 255 g/mol. The van der Waals surface area contributed by atoms with Crippen molar-refractivity contribution in [1.82, 2.24) is 0 Å². The zero-order valence-corrected chi connectivity index (χ0v) is 10.1. The molecule has 0 radical (unpaired) electrons. The fourth-order valence-corrected chi connectivity index (χ4v) is 3.00. The second kappa shape index (κ2) is 3.33. The minimum absolute atomic E-state index is 0.259. The van der Waals surface area contributed by atoms with Gasteiger partial charge in [0, 0.05) is 16.2 Å². The summed E-state index contributed by atoms with van der Waals surface area (Å²) in [5.41, 5.74) is 0. The standard InChI is InChI=1S/C16H8ClF/c17-13-8-14(18)12-7-5-10-3-1-2-9-4-6-11(13)16(12)15(9)10/h1-8H. The molecule has 0 fully saturated rings. The van der Waals surface area contributed by atoms with Crippen LogP contribution in [0, 0.1) is 5.82 Å². The third-order valence-corrected chi connectivity index (χ3v) is 3.86. The first kappa shape index (κ1) is 10.1. The molecule has 0 aromatic heterocycles. The lowest BCUT2D eigenvalue weighted by atomic mass is 9.94. The molecule has 4 aromatic carbocycles. The first-order valence-electron chi connectivity index (χ1n) is 5.77. The van der Waals surface area contributed by atoms with Gasteiger partial charge < -0.3 is 0 Å². The Balaban J connectivity index is 2.48. The van der Waals surface area contributed by atoms with Gasteiger partial charge in [-0.15, -0.1) is 0 Å². The number of rotatable bonds is 0. The van der Waals surface area contributed by atoms with Crippen LogP contribution in [0.5, 0.6) is 0 Å². The lowest BCUT2D eigenvalue weighted by Crippen LogP contribution is -1.87. The van der Waals surface area contributed by atoms with Gasteiger partial charge in [0.15, 0.2) is 0 Å². The highest BCUT2D eigenvalue weighted by Crippen LogP contribution is 2.38. The molecule has 0 heterocycles. The van der Waals surface area contributed by atoms with E-state index in [2.05, 4.69) is 0 Å². The number of benzene rings is 4. The number of hydrogen-bond donors (Lipinski definition) is 0. The molecule has 0 bridgehead atoms. The van der Waals surface area contributed by atoms with Crippen molar-refractivity contribution in [2.75, 3.05) is 0 Å². The third-order valence-electron chi connectivity index (χ3n) is 3.54. The monoisotopic (exact) mass is 254 g/mol. The van der Waals surface area contributed by atoms with Crippen LogP contribution < -0.4 is 0 Å². The molecule has 0 N–H and O–H groups in total. The fraction of sp³-hybridized carbons (Fsp3) is 0. The van der Waals surface area contributed by atoms with E-state index in [9.17, 15) is 4.39 Å². The van der Waals surface area contributed by atoms with E-state index >= 15 is 0 Å². The van der Waals surface area contributed by atoms with E-state index in [0.29, 0.717) is 10.4 Å². The van der Waals surface area contributed by atoms with Gasteiger partial charge in [0.05, 0.1) is 5.02 Å². The molecule has 18 heavy (non-hydrogen) atoms. The van der Waals surface area contributed by atoms with Gasteiger partial charge in [0.1, 0.15) is 5.82 Å². The summed E-state index contributed by atoms with van der Waals surface area (Å²) in [5, 5.41) is 6.28. The summed E-state index contributed by atoms with van der Waals surface area (Å²) < 4.78 is 14.0. The van der Waals surface area contributed by atoms with E-state index in [1.54, 1.807) is 0 Å². The molecule has 0 amide bonds. The Morgan fingerprint density at radius 2 is 1.44 bits per heavy atom. The van der Waals surface area contributed by atoms with Gasteiger partial charge in [0.2, 0.25) is 0 Å². The van der Waals surface area contributed by atoms with Crippen LogP contribution in [0.15, 0.2) is 48.5 Å². The molecule has 0 spiro atoms. The van der Waals surface area contributed by atoms with Gasteiger partial charge in [-0.05, 0) is 22.2 Å². The zero-order valence-electron chi connectivity index (χ0n) is 9.37. The predicted octanol–water partition coefficient (Wildman–Crippen LogP) is 5.38. The first-order chi connectivity index (χ1) is 8.75. The molecule has 4 rings (SSSR count). The summed E-state index contributed by atoms with van der Waals surface area (Å²) in [5.74, 6) is -0.259. The van der Waals surface area contributed by atoms with Crippen LogP contribution >= 0.6 is 11.6 Å². The van der Waals surface area contributed by atoms with E-state index < -0.39 is 0 Å². The van der Waals surface area contributed by atoms with Crippen LogP contribution in [-0.2, 0) is 0 Å². The molecular weight excluding hydrogens is 247 g/mol. The van der Waals surface area contributed by atoms with Crippen LogP contribution in [-0.4, -0.2) is 0 Å². The Bertz CT molecular complexity index is 829. The van der Waals surface area contributed by atoms with Crippen LogP contribution in [0.1, 0.15) is 0 Å². The maximum Gasteiger partial charge on any atom is 0.132 e. The minimum Gasteiger partial charge on any atom is -0.206 e. The van der Waals surface area contributed by atoms with Crippen molar-refractivity contribution in [1.29, 1.82) is 0 Å². The molecule has 0 saturated carbocycles. The lowest BCUT2D eigenvalue weighted by Gasteiger charge is -2.11. The van der Waals surface area contributed by atoms with E-state index in [1.807, 2.05) is 42.5 Å². The lowest BCUT2D eigenvalue weighted by molar-refractivity contribution is 0.640. The van der Waals surface area contributed by atoms with Crippen LogP contribution in [0.3, 0.4) is 0 Å². The maximum absolute atomic E-state index is 14.0. The normalized spacial score (nSPS) is 11.9. The Hall–Kier alpha value is -1.86. The Kier molecular flexibility index (Phi) is 1.87. The van der Waals surface area contributed by atoms with Gasteiger partial charge in [0.25, 0.3) is 0 Å². The molecule has 2 heteroatoms. The summed E-state index contributed by atoms with van der Waals surface area (Å²) >= 11 is 6.15. The highest BCUT2D eigenvalue weighted by Gasteiger charge is 2.12. The predicted molar refractivity (Wildman–Crippen MR) is 75.1 cm³/mol. The summed E-state index contributed by atoms with van der Waals surface area (Å²) in [6, 6.07) is 15.3. The molecule has 0 nitrogen and oxygen atoms in total. The van der Waals surface area contributed by atoms with Crippen LogP contribution in [0.25, 0.3) is 32.3 Å². The molecule has 0 atom stereocenters. The first-order valence-corrected chi connectivity index (χ1v) is 6.15. The average Bonchev–Trinajstić information content (AvgIpc) is 2.38. The summed E-state index contributed by atoms with van der Waals surface area (Å²) in [7, 11) is 0. The smallest absolute Gasteiger partial charge is 0.132 e. The second-order valence-corrected chi connectivity index (χ2v) is 4.93. The van der Waals surface area contributed by atoms with E-state index in [1.165, 1.54) is 6.07 Å². The molecule has 0 saturated heterocycles. The van der Waals surface area contributed by atoms with E-state index in [-0.39, 0.29) is 5.82 Å². The van der Waals surface area contributed by atoms with Crippen molar-refractivity contribution in [3.63, 3.8) is 0 Å². The quantitative estimate of drug-likeness (QED) is 0.370. The van der Waals surface area contributed by atoms with Crippen molar-refractivity contribution >= 4 is 43.9 Å². The van der Waals surface area contributed by atoms with Crippen LogP contribution in [0.4, 0.5) is 4.39 Å². The zero-order chi connectivity index (χ0) is 12.3. The molecule has 0 aliphatic heterocycles. The topological polar surface area (TPSA) is 0 Å². The van der Waals surface area contributed by atoms with Gasteiger partial charge in [-0.25, -0.2) is 4.39 Å². The molecule has 0 aliphatic rings. The molecule has 4 aromatic rings. The highest BCUT2D eigenvalue weighted by molar-refractivity contribution is 6.38. The molecular formula is C16H8ClF. The Morgan fingerprint density at radius 3 is 2.17 bits per heavy atom. The number of halogens is 2. The number of hydrogen-bond acceptors (Lipinski definition) is 0. The van der Waals surface area contributed by atoms with Crippen molar-refractivity contribution in [2.45, 2.75) is 0 Å². The summed E-state index contributed by atoms with van der Waals surface area (Å²) in [6.07, 6.45) is 0. The minimum atomic E-state index is -0.259. The summed E-state index contributed by atoms with van der Waals surface area (Å²) in [4.78, 5) is 0. The van der Waals surface area contributed by atoms with Crippen molar-refractivity contribution < 1.29 is 4.39 Å². The Morgan fingerprint density at radius 1 is 0.778 bits per heavy atom. The second-order valence-electron chi connectivity index (χ2n) is 4.52. The third kappa shape index (κ3) is 1.15.